The van der Waals surface area contributed by atoms with Gasteiger partial charge in [0.05, 0.1) is 12.0 Å². The van der Waals surface area contributed by atoms with Gasteiger partial charge in [-0.1, -0.05) is 0 Å². The van der Waals surface area contributed by atoms with Crippen molar-refractivity contribution in [3.8, 4) is 0 Å². The molecule has 1 aromatic heterocycles. The maximum atomic E-state index is 12.2. The Morgan fingerprint density at radius 2 is 2.09 bits per heavy atom. The zero-order valence-electron chi connectivity index (χ0n) is 13.3. The molecule has 0 saturated carbocycles. The fourth-order valence-electron chi connectivity index (χ4n) is 2.23. The van der Waals surface area contributed by atoms with Crippen LogP contribution in [0.4, 0.5) is 0 Å². The number of guanidine groups is 1. The van der Waals surface area contributed by atoms with Crippen molar-refractivity contribution in [2.45, 2.75) is 6.42 Å². The average molecular weight is 361 g/mol. The molecule has 9 heteroatoms. The first-order valence-electron chi connectivity index (χ1n) is 7.64. The molecule has 0 aromatic carbocycles. The first-order valence-corrected chi connectivity index (χ1v) is 10.4. The molecule has 130 valence electrons. The van der Waals surface area contributed by atoms with Crippen LogP contribution in [-0.2, 0) is 16.4 Å². The van der Waals surface area contributed by atoms with Crippen molar-refractivity contribution in [1.82, 2.24) is 14.9 Å². The summed E-state index contributed by atoms with van der Waals surface area (Å²) in [6.45, 7) is 2.24. The number of rotatable bonds is 7. The van der Waals surface area contributed by atoms with Crippen LogP contribution in [-0.4, -0.2) is 69.2 Å². The first kappa shape index (κ1) is 18.2. The smallest absolute Gasteiger partial charge is 0.215 e. The molecule has 0 unspecified atom stereocenters. The van der Waals surface area contributed by atoms with Crippen LogP contribution in [0.25, 0.3) is 0 Å². The number of nitrogens with one attached hydrogen (secondary N) is 2. The normalized spacial score (nSPS) is 17.2. The van der Waals surface area contributed by atoms with Gasteiger partial charge in [-0.15, -0.1) is 0 Å². The van der Waals surface area contributed by atoms with E-state index in [-0.39, 0.29) is 5.75 Å². The Balaban J connectivity index is 1.68. The van der Waals surface area contributed by atoms with E-state index in [9.17, 15) is 8.42 Å². The average Bonchev–Trinajstić information content (AvgIpc) is 3.07. The van der Waals surface area contributed by atoms with Crippen LogP contribution in [0.1, 0.15) is 5.76 Å². The lowest BCUT2D eigenvalue weighted by atomic mass is 10.3. The maximum Gasteiger partial charge on any atom is 0.215 e. The van der Waals surface area contributed by atoms with Crippen molar-refractivity contribution in [1.29, 1.82) is 0 Å². The number of sulfonamides is 1. The molecule has 0 amide bonds. The zero-order valence-corrected chi connectivity index (χ0v) is 15.0. The van der Waals surface area contributed by atoms with Crippen LogP contribution >= 0.6 is 11.8 Å². The Kier molecular flexibility index (Phi) is 7.25. The Morgan fingerprint density at radius 3 is 2.74 bits per heavy atom. The molecule has 2 rings (SSSR count). The van der Waals surface area contributed by atoms with E-state index in [0.717, 1.165) is 23.7 Å². The van der Waals surface area contributed by atoms with Crippen molar-refractivity contribution >= 4 is 27.7 Å². The molecule has 0 aliphatic carbocycles. The van der Waals surface area contributed by atoms with Gasteiger partial charge < -0.3 is 15.1 Å². The van der Waals surface area contributed by atoms with Gasteiger partial charge in [0.15, 0.2) is 5.96 Å². The molecule has 0 radical (unpaired) electrons. The molecule has 0 bridgehead atoms. The highest BCUT2D eigenvalue weighted by atomic mass is 32.2. The monoisotopic (exact) mass is 360 g/mol. The minimum atomic E-state index is -3.18. The van der Waals surface area contributed by atoms with Crippen LogP contribution in [0, 0.1) is 0 Å². The predicted molar refractivity (Wildman–Crippen MR) is 94.5 cm³/mol. The van der Waals surface area contributed by atoms with Crippen molar-refractivity contribution in [2.24, 2.45) is 4.99 Å². The van der Waals surface area contributed by atoms with Crippen molar-refractivity contribution in [2.75, 3.05) is 50.5 Å². The number of nitrogens with zero attached hydrogens (tertiary/aromatic N) is 2. The summed E-state index contributed by atoms with van der Waals surface area (Å²) in [4.78, 5) is 4.09. The summed E-state index contributed by atoms with van der Waals surface area (Å²) >= 11 is 1.80. The lowest BCUT2D eigenvalue weighted by Gasteiger charge is -2.25. The summed E-state index contributed by atoms with van der Waals surface area (Å²) in [6, 6.07) is 3.77. The Hall–Kier alpha value is -1.19. The summed E-state index contributed by atoms with van der Waals surface area (Å²) in [5, 5.41) is 6.18. The van der Waals surface area contributed by atoms with E-state index < -0.39 is 10.0 Å². The van der Waals surface area contributed by atoms with E-state index in [1.54, 1.807) is 29.4 Å². The lowest BCUT2D eigenvalue weighted by Crippen LogP contribution is -2.44. The fourth-order valence-corrected chi connectivity index (χ4v) is 4.72. The van der Waals surface area contributed by atoms with Crippen molar-refractivity contribution < 1.29 is 12.8 Å². The molecule has 2 heterocycles. The number of thioether (sulfide) groups is 1. The third-order valence-corrected chi connectivity index (χ3v) is 6.30. The highest BCUT2D eigenvalue weighted by Gasteiger charge is 2.23. The van der Waals surface area contributed by atoms with Crippen molar-refractivity contribution in [3.63, 3.8) is 0 Å². The topological polar surface area (TPSA) is 86.9 Å². The summed E-state index contributed by atoms with van der Waals surface area (Å²) in [7, 11) is -1.52. The fraction of sp³-hybridized carbons (Fsp3) is 0.643. The summed E-state index contributed by atoms with van der Waals surface area (Å²) in [5.74, 6) is 3.33. The van der Waals surface area contributed by atoms with E-state index >= 15 is 0 Å². The van der Waals surface area contributed by atoms with Gasteiger partial charge in [-0.2, -0.15) is 11.8 Å². The van der Waals surface area contributed by atoms with E-state index in [2.05, 4.69) is 15.6 Å². The second-order valence-corrected chi connectivity index (χ2v) is 8.40. The van der Waals surface area contributed by atoms with Gasteiger partial charge in [0, 0.05) is 51.2 Å². The van der Waals surface area contributed by atoms with Gasteiger partial charge in [0.25, 0.3) is 0 Å². The van der Waals surface area contributed by atoms with Gasteiger partial charge in [0.2, 0.25) is 10.0 Å². The standard InChI is InChI=1S/C14H24N4O3S2/c1-15-14(16-5-4-13-3-2-9-21-13)17-6-12-23(19,20)18-7-10-22-11-8-18/h2-3,9H,4-8,10-12H2,1H3,(H2,15,16,17). The summed E-state index contributed by atoms with van der Waals surface area (Å²) in [5.41, 5.74) is 0. The van der Waals surface area contributed by atoms with E-state index in [0.29, 0.717) is 32.1 Å². The van der Waals surface area contributed by atoms with E-state index in [4.69, 9.17) is 4.42 Å². The number of hydrogen-bond donors (Lipinski definition) is 2. The molecule has 2 N–H and O–H groups in total. The minimum Gasteiger partial charge on any atom is -0.469 e. The summed E-state index contributed by atoms with van der Waals surface area (Å²) < 4.78 is 31.3. The molecule has 23 heavy (non-hydrogen) atoms. The van der Waals surface area contributed by atoms with Crippen LogP contribution in [0.3, 0.4) is 0 Å². The molecule has 7 nitrogen and oxygen atoms in total. The molecule has 1 saturated heterocycles. The molecule has 1 aliphatic heterocycles. The van der Waals surface area contributed by atoms with Gasteiger partial charge >= 0.3 is 0 Å². The third-order valence-electron chi connectivity index (χ3n) is 3.48. The number of hydrogen-bond acceptors (Lipinski definition) is 5. The van der Waals surface area contributed by atoms with Crippen LogP contribution < -0.4 is 10.6 Å². The molecule has 1 aromatic rings. The molecule has 0 atom stereocenters. The van der Waals surface area contributed by atoms with Crippen LogP contribution in [0.15, 0.2) is 27.8 Å². The highest BCUT2D eigenvalue weighted by molar-refractivity contribution is 7.99. The first-order chi connectivity index (χ1) is 11.1. The van der Waals surface area contributed by atoms with Crippen LogP contribution in [0.5, 0.6) is 0 Å². The Bertz CT molecular complexity index is 581. The second kappa shape index (κ2) is 9.19. The van der Waals surface area contributed by atoms with Crippen LogP contribution in [0.2, 0.25) is 0 Å². The van der Waals surface area contributed by atoms with Gasteiger partial charge in [-0.25, -0.2) is 12.7 Å². The molecule has 1 fully saturated rings. The zero-order chi connectivity index (χ0) is 16.5. The number of furan rings is 1. The third kappa shape index (κ3) is 6.08. The van der Waals surface area contributed by atoms with Gasteiger partial charge in [-0.3, -0.25) is 4.99 Å². The van der Waals surface area contributed by atoms with Gasteiger partial charge in [-0.05, 0) is 12.1 Å². The SMILES string of the molecule is CN=C(NCCc1ccco1)NCCS(=O)(=O)N1CCSCC1. The quantitative estimate of drug-likeness (QED) is 0.539. The van der Waals surface area contributed by atoms with Crippen molar-refractivity contribution in [3.05, 3.63) is 24.2 Å². The Labute approximate surface area is 142 Å². The Morgan fingerprint density at radius 1 is 1.35 bits per heavy atom. The molecule has 0 spiro atoms. The van der Waals surface area contributed by atoms with Gasteiger partial charge in [0.1, 0.15) is 5.76 Å². The molecule has 1 aliphatic rings. The van der Waals surface area contributed by atoms with E-state index in [1.807, 2.05) is 12.1 Å². The summed E-state index contributed by atoms with van der Waals surface area (Å²) in [6.07, 6.45) is 2.39. The molecular weight excluding hydrogens is 336 g/mol. The number of aliphatic imine (C=N–C) groups is 1. The molecular formula is C14H24N4O3S2. The maximum absolute atomic E-state index is 12.2. The minimum absolute atomic E-state index is 0.0799. The lowest BCUT2D eigenvalue weighted by molar-refractivity contribution is 0.443. The highest BCUT2D eigenvalue weighted by Crippen LogP contribution is 2.12. The predicted octanol–water partition coefficient (Wildman–Crippen LogP) is 0.366. The van der Waals surface area contributed by atoms with E-state index in [1.165, 1.54) is 0 Å². The second-order valence-electron chi connectivity index (χ2n) is 5.08. The largest absolute Gasteiger partial charge is 0.469 e.